The van der Waals surface area contributed by atoms with Crippen molar-refractivity contribution >= 4 is 23.6 Å². The number of carbonyl (C=O) groups is 3. The minimum Gasteiger partial charge on any atom is -0.465 e. The van der Waals surface area contributed by atoms with Crippen molar-refractivity contribution in [2.45, 2.75) is 38.4 Å². The van der Waals surface area contributed by atoms with Crippen molar-refractivity contribution in [2.24, 2.45) is 5.92 Å². The molecule has 3 heterocycles. The second-order valence-corrected chi connectivity index (χ2v) is 8.42. The predicted octanol–water partition coefficient (Wildman–Crippen LogP) is 2.07. The van der Waals surface area contributed by atoms with Crippen LogP contribution in [0, 0.1) is 5.92 Å². The summed E-state index contributed by atoms with van der Waals surface area (Å²) in [4.78, 5) is 42.5. The number of aromatic nitrogens is 2. The Morgan fingerprint density at radius 2 is 1.94 bits per heavy atom. The van der Waals surface area contributed by atoms with Gasteiger partial charge in [-0.25, -0.2) is 9.78 Å². The van der Waals surface area contributed by atoms with Gasteiger partial charge in [0.25, 0.3) is 0 Å². The third-order valence-electron chi connectivity index (χ3n) is 5.97. The summed E-state index contributed by atoms with van der Waals surface area (Å²) in [6, 6.07) is 11.9. The van der Waals surface area contributed by atoms with Crippen molar-refractivity contribution in [1.29, 1.82) is 0 Å². The third kappa shape index (κ3) is 5.31. The van der Waals surface area contributed by atoms with Crippen LogP contribution in [0.4, 0.5) is 4.79 Å². The molecular formula is C24H27N5O4. The molecule has 0 radical (unpaired) electrons. The molecule has 0 unspecified atom stereocenters. The van der Waals surface area contributed by atoms with E-state index in [1.807, 2.05) is 59.3 Å². The van der Waals surface area contributed by atoms with Crippen LogP contribution in [0.15, 0.2) is 61.1 Å². The molecule has 33 heavy (non-hydrogen) atoms. The summed E-state index contributed by atoms with van der Waals surface area (Å²) >= 11 is 0. The second-order valence-electron chi connectivity index (χ2n) is 8.42. The number of carboxylic acid groups (broad SMARTS) is 1. The molecule has 0 saturated carbocycles. The molecule has 3 aromatic rings. The molecule has 4 rings (SSSR count). The molecule has 2 aromatic heterocycles. The Bertz CT molecular complexity index is 1150. The van der Waals surface area contributed by atoms with Crippen LogP contribution in [0.25, 0.3) is 5.65 Å². The molecule has 1 aliphatic heterocycles. The van der Waals surface area contributed by atoms with Gasteiger partial charge in [-0.05, 0) is 42.9 Å². The Morgan fingerprint density at radius 1 is 1.15 bits per heavy atom. The molecule has 0 aliphatic carbocycles. The summed E-state index contributed by atoms with van der Waals surface area (Å²) in [7, 11) is 0. The predicted molar refractivity (Wildman–Crippen MR) is 121 cm³/mol. The van der Waals surface area contributed by atoms with Crippen LogP contribution in [0.5, 0.6) is 0 Å². The Kier molecular flexibility index (Phi) is 6.58. The summed E-state index contributed by atoms with van der Waals surface area (Å²) in [6.07, 6.45) is 5.39. The van der Waals surface area contributed by atoms with Crippen molar-refractivity contribution in [3.63, 3.8) is 0 Å². The van der Waals surface area contributed by atoms with Crippen LogP contribution in [-0.4, -0.2) is 55.9 Å². The first-order chi connectivity index (χ1) is 15.9. The molecule has 3 N–H and O–H groups in total. The van der Waals surface area contributed by atoms with Crippen molar-refractivity contribution in [3.05, 3.63) is 72.2 Å². The quantitative estimate of drug-likeness (QED) is 0.511. The van der Waals surface area contributed by atoms with E-state index in [0.717, 1.165) is 16.8 Å². The summed E-state index contributed by atoms with van der Waals surface area (Å²) in [5.74, 6) is -0.744. The van der Waals surface area contributed by atoms with Crippen LogP contribution in [0.2, 0.25) is 0 Å². The first-order valence-corrected chi connectivity index (χ1v) is 10.9. The standard InChI is InChI=1S/C24H27N5O4/c1-16(22(30)26-13-18-7-8-21-25-9-10-28(21)14-18)27-23(31)20-12-19(15-29(20)24(32)33)11-17-5-3-2-4-6-17/h2-10,14,16,19-20H,11-13,15H2,1H3,(H,26,30)(H,27,31)(H,32,33)/t16-,19-,20+/m0/s1. The first kappa shape index (κ1) is 22.3. The molecular weight excluding hydrogens is 422 g/mol. The van der Waals surface area contributed by atoms with Crippen LogP contribution in [-0.2, 0) is 22.6 Å². The highest BCUT2D eigenvalue weighted by atomic mass is 16.4. The number of pyridine rings is 1. The molecule has 3 atom stereocenters. The molecule has 172 valence electrons. The molecule has 9 nitrogen and oxygen atoms in total. The zero-order valence-corrected chi connectivity index (χ0v) is 18.3. The minimum atomic E-state index is -1.13. The van der Waals surface area contributed by atoms with Crippen LogP contribution < -0.4 is 10.6 Å². The van der Waals surface area contributed by atoms with E-state index in [0.29, 0.717) is 25.9 Å². The zero-order chi connectivity index (χ0) is 23.4. The van der Waals surface area contributed by atoms with Gasteiger partial charge in [0.05, 0.1) is 0 Å². The number of fused-ring (bicyclic) bond motifs is 1. The SMILES string of the molecule is C[C@H](NC(=O)[C@H]1C[C@H](Cc2ccccc2)CN1C(=O)O)C(=O)NCc1ccc2nccn2c1. The Hall–Kier alpha value is -3.88. The highest BCUT2D eigenvalue weighted by molar-refractivity contribution is 5.91. The lowest BCUT2D eigenvalue weighted by atomic mass is 9.96. The molecule has 1 aromatic carbocycles. The largest absolute Gasteiger partial charge is 0.465 e. The van der Waals surface area contributed by atoms with Gasteiger partial charge in [0.15, 0.2) is 0 Å². The second kappa shape index (κ2) is 9.72. The molecule has 0 bridgehead atoms. The lowest BCUT2D eigenvalue weighted by Crippen LogP contribution is -2.51. The first-order valence-electron chi connectivity index (χ1n) is 10.9. The van der Waals surface area contributed by atoms with E-state index in [1.54, 1.807) is 13.1 Å². The van der Waals surface area contributed by atoms with E-state index in [2.05, 4.69) is 15.6 Å². The van der Waals surface area contributed by atoms with Crippen molar-refractivity contribution in [2.75, 3.05) is 6.54 Å². The fourth-order valence-electron chi connectivity index (χ4n) is 4.27. The average molecular weight is 450 g/mol. The summed E-state index contributed by atoms with van der Waals surface area (Å²) in [5.41, 5.74) is 2.82. The maximum atomic E-state index is 12.9. The fourth-order valence-corrected chi connectivity index (χ4v) is 4.27. The van der Waals surface area contributed by atoms with Gasteiger partial charge in [0.2, 0.25) is 11.8 Å². The maximum absolute atomic E-state index is 12.9. The number of likely N-dealkylation sites (tertiary alicyclic amines) is 1. The lowest BCUT2D eigenvalue weighted by Gasteiger charge is -2.22. The van der Waals surface area contributed by atoms with E-state index in [-0.39, 0.29) is 11.8 Å². The summed E-state index contributed by atoms with van der Waals surface area (Å²) in [5, 5.41) is 15.1. The number of amides is 3. The molecule has 1 aliphatic rings. The molecule has 3 amide bonds. The van der Waals surface area contributed by atoms with Gasteiger partial charge in [0, 0.05) is 31.7 Å². The molecule has 1 fully saturated rings. The van der Waals surface area contributed by atoms with E-state index >= 15 is 0 Å². The number of rotatable bonds is 7. The van der Waals surface area contributed by atoms with E-state index in [9.17, 15) is 19.5 Å². The molecule has 9 heteroatoms. The van der Waals surface area contributed by atoms with E-state index in [4.69, 9.17) is 0 Å². The number of nitrogens with zero attached hydrogens (tertiary/aromatic N) is 3. The van der Waals surface area contributed by atoms with E-state index < -0.39 is 24.1 Å². The van der Waals surface area contributed by atoms with Crippen molar-refractivity contribution in [1.82, 2.24) is 24.9 Å². The molecule has 1 saturated heterocycles. The minimum absolute atomic E-state index is 0.0430. The van der Waals surface area contributed by atoms with Gasteiger partial charge in [-0.15, -0.1) is 0 Å². The number of nitrogens with one attached hydrogen (secondary N) is 2. The highest BCUT2D eigenvalue weighted by Gasteiger charge is 2.40. The topological polar surface area (TPSA) is 116 Å². The normalized spacial score (nSPS) is 18.8. The molecule has 0 spiro atoms. The van der Waals surface area contributed by atoms with Crippen LogP contribution >= 0.6 is 0 Å². The number of carbonyl (C=O) groups excluding carboxylic acids is 2. The van der Waals surface area contributed by atoms with Gasteiger partial charge in [0.1, 0.15) is 17.7 Å². The number of hydrogen-bond donors (Lipinski definition) is 3. The summed E-state index contributed by atoms with van der Waals surface area (Å²) in [6.45, 7) is 2.18. The number of benzene rings is 1. The fraction of sp³-hybridized carbons (Fsp3) is 0.333. The van der Waals surface area contributed by atoms with Gasteiger partial charge in [-0.3, -0.25) is 14.5 Å². The highest BCUT2D eigenvalue weighted by Crippen LogP contribution is 2.27. The number of hydrogen-bond acceptors (Lipinski definition) is 4. The third-order valence-corrected chi connectivity index (χ3v) is 5.97. The lowest BCUT2D eigenvalue weighted by molar-refractivity contribution is -0.130. The number of imidazole rings is 1. The summed E-state index contributed by atoms with van der Waals surface area (Å²) < 4.78 is 1.86. The maximum Gasteiger partial charge on any atom is 0.407 e. The van der Waals surface area contributed by atoms with Crippen LogP contribution in [0.3, 0.4) is 0 Å². The average Bonchev–Trinajstić information content (AvgIpc) is 3.45. The van der Waals surface area contributed by atoms with Crippen LogP contribution in [0.1, 0.15) is 24.5 Å². The zero-order valence-electron chi connectivity index (χ0n) is 18.3. The van der Waals surface area contributed by atoms with Gasteiger partial charge in [-0.1, -0.05) is 36.4 Å². The van der Waals surface area contributed by atoms with Gasteiger partial charge in [-0.2, -0.15) is 0 Å². The van der Waals surface area contributed by atoms with E-state index in [1.165, 1.54) is 4.90 Å². The smallest absolute Gasteiger partial charge is 0.407 e. The Labute approximate surface area is 191 Å². The van der Waals surface area contributed by atoms with Crippen molar-refractivity contribution < 1.29 is 19.5 Å². The van der Waals surface area contributed by atoms with Gasteiger partial charge >= 0.3 is 6.09 Å². The Balaban J connectivity index is 1.32. The Morgan fingerprint density at radius 3 is 2.70 bits per heavy atom. The monoisotopic (exact) mass is 449 g/mol. The van der Waals surface area contributed by atoms with Gasteiger partial charge < -0.3 is 20.1 Å². The van der Waals surface area contributed by atoms with Crippen molar-refractivity contribution in [3.8, 4) is 0 Å².